The number of ether oxygens (including phenoxy) is 1. The largest absolute Gasteiger partial charge is 0.362 e. The van der Waals surface area contributed by atoms with Crippen LogP contribution in [0.2, 0.25) is 0 Å². The summed E-state index contributed by atoms with van der Waals surface area (Å²) in [5, 5.41) is 0. The maximum absolute atomic E-state index is 6.24. The van der Waals surface area contributed by atoms with Crippen LogP contribution in [0.4, 0.5) is 0 Å². The van der Waals surface area contributed by atoms with Gasteiger partial charge in [-0.05, 0) is 31.4 Å². The lowest BCUT2D eigenvalue weighted by Gasteiger charge is -2.24. The summed E-state index contributed by atoms with van der Waals surface area (Å²) in [5.41, 5.74) is 0. The zero-order chi connectivity index (χ0) is 14.5. The van der Waals surface area contributed by atoms with E-state index in [1.165, 1.54) is 82.4 Å². The summed E-state index contributed by atoms with van der Waals surface area (Å²) in [6, 6.07) is 0. The molecular formula is C17H35NOS. The first kappa shape index (κ1) is 18.3. The van der Waals surface area contributed by atoms with Crippen molar-refractivity contribution in [1.82, 2.24) is 4.90 Å². The molecule has 1 rings (SSSR count). The Morgan fingerprint density at radius 3 is 2.40 bits per heavy atom. The first-order chi connectivity index (χ1) is 9.86. The lowest BCUT2D eigenvalue weighted by molar-refractivity contribution is -0.0151. The van der Waals surface area contributed by atoms with Gasteiger partial charge < -0.3 is 4.74 Å². The molecule has 0 aromatic rings. The average molecular weight is 302 g/mol. The van der Waals surface area contributed by atoms with E-state index in [0.717, 1.165) is 6.73 Å². The van der Waals surface area contributed by atoms with Crippen LogP contribution >= 0.6 is 11.8 Å². The smallest absolute Gasteiger partial charge is 0.0994 e. The monoisotopic (exact) mass is 301 g/mol. The molecule has 1 saturated heterocycles. The van der Waals surface area contributed by atoms with Crippen LogP contribution < -0.4 is 0 Å². The van der Waals surface area contributed by atoms with Gasteiger partial charge >= 0.3 is 0 Å². The van der Waals surface area contributed by atoms with Crippen molar-refractivity contribution in [2.24, 2.45) is 0 Å². The highest BCUT2D eigenvalue weighted by Crippen LogP contribution is 2.15. The molecule has 1 unspecified atom stereocenters. The van der Waals surface area contributed by atoms with E-state index in [0.29, 0.717) is 6.10 Å². The van der Waals surface area contributed by atoms with Crippen molar-refractivity contribution in [3.63, 3.8) is 0 Å². The number of likely N-dealkylation sites (tertiary alicyclic amines) is 1. The van der Waals surface area contributed by atoms with Crippen LogP contribution in [-0.4, -0.2) is 42.3 Å². The van der Waals surface area contributed by atoms with Gasteiger partial charge in [-0.2, -0.15) is 11.8 Å². The molecule has 3 heteroatoms. The van der Waals surface area contributed by atoms with Gasteiger partial charge in [0.25, 0.3) is 0 Å². The van der Waals surface area contributed by atoms with E-state index in [-0.39, 0.29) is 0 Å². The molecule has 20 heavy (non-hydrogen) atoms. The molecule has 2 nitrogen and oxygen atoms in total. The number of thioether (sulfide) groups is 1. The van der Waals surface area contributed by atoms with Gasteiger partial charge in [0.05, 0.1) is 12.8 Å². The molecule has 0 spiro atoms. The standard InChI is InChI=1S/C17H35NOS/c1-3-5-8-11-17(15-20-14-4-2)19-16-18-12-9-6-7-10-13-18/h17H,3-16H2,1-2H3. The van der Waals surface area contributed by atoms with Crippen molar-refractivity contribution >= 4 is 11.8 Å². The van der Waals surface area contributed by atoms with E-state index in [1.54, 1.807) is 0 Å². The van der Waals surface area contributed by atoms with Gasteiger partial charge in [-0.15, -0.1) is 0 Å². The molecule has 120 valence electrons. The second kappa shape index (κ2) is 13.0. The fourth-order valence-corrected chi connectivity index (χ4v) is 3.65. The van der Waals surface area contributed by atoms with Crippen LogP contribution in [0.25, 0.3) is 0 Å². The summed E-state index contributed by atoms with van der Waals surface area (Å²) in [5.74, 6) is 2.46. The molecule has 0 radical (unpaired) electrons. The normalized spacial score (nSPS) is 18.9. The fourth-order valence-electron chi connectivity index (χ4n) is 2.67. The van der Waals surface area contributed by atoms with E-state index < -0.39 is 0 Å². The minimum atomic E-state index is 0.473. The van der Waals surface area contributed by atoms with Gasteiger partial charge in [0.15, 0.2) is 0 Å². The molecule has 1 heterocycles. The van der Waals surface area contributed by atoms with Crippen LogP contribution in [0.5, 0.6) is 0 Å². The van der Waals surface area contributed by atoms with E-state index in [9.17, 15) is 0 Å². The molecule has 0 aliphatic carbocycles. The highest BCUT2D eigenvalue weighted by Gasteiger charge is 2.13. The molecule has 0 N–H and O–H groups in total. The summed E-state index contributed by atoms with van der Waals surface area (Å²) in [7, 11) is 0. The van der Waals surface area contributed by atoms with Crippen LogP contribution in [0.1, 0.15) is 71.6 Å². The predicted octanol–water partition coefficient (Wildman–Crippen LogP) is 4.93. The maximum Gasteiger partial charge on any atom is 0.0994 e. The first-order valence-corrected chi connectivity index (χ1v) is 9.94. The van der Waals surface area contributed by atoms with Crippen molar-refractivity contribution in [3.05, 3.63) is 0 Å². The molecule has 1 aliphatic rings. The van der Waals surface area contributed by atoms with Gasteiger partial charge in [-0.25, -0.2) is 0 Å². The Kier molecular flexibility index (Phi) is 11.9. The van der Waals surface area contributed by atoms with Gasteiger partial charge in [0.1, 0.15) is 0 Å². The molecule has 0 aromatic heterocycles. The Morgan fingerprint density at radius 2 is 1.75 bits per heavy atom. The summed E-state index contributed by atoms with van der Waals surface area (Å²) in [4.78, 5) is 2.52. The summed E-state index contributed by atoms with van der Waals surface area (Å²) in [6.45, 7) is 7.88. The number of rotatable bonds is 11. The van der Waals surface area contributed by atoms with Crippen LogP contribution in [0.15, 0.2) is 0 Å². The number of nitrogens with zero attached hydrogens (tertiary/aromatic N) is 1. The Balaban J connectivity index is 2.21. The van der Waals surface area contributed by atoms with E-state index in [2.05, 4.69) is 30.5 Å². The highest BCUT2D eigenvalue weighted by molar-refractivity contribution is 7.99. The van der Waals surface area contributed by atoms with Gasteiger partial charge in [0, 0.05) is 18.8 Å². The zero-order valence-corrected chi connectivity index (χ0v) is 14.6. The van der Waals surface area contributed by atoms with Crippen molar-refractivity contribution in [3.8, 4) is 0 Å². The van der Waals surface area contributed by atoms with E-state index in [1.807, 2.05) is 0 Å². The lowest BCUT2D eigenvalue weighted by Crippen LogP contribution is -2.31. The third-order valence-electron chi connectivity index (χ3n) is 3.97. The number of hydrogen-bond acceptors (Lipinski definition) is 3. The van der Waals surface area contributed by atoms with Gasteiger partial charge in [-0.3, -0.25) is 4.90 Å². The quantitative estimate of drug-likeness (QED) is 0.502. The maximum atomic E-state index is 6.24. The van der Waals surface area contributed by atoms with Crippen LogP contribution in [0.3, 0.4) is 0 Å². The highest BCUT2D eigenvalue weighted by atomic mass is 32.2. The molecule has 0 amide bonds. The summed E-state index contributed by atoms with van der Waals surface area (Å²) >= 11 is 2.07. The molecule has 1 fully saturated rings. The van der Waals surface area contributed by atoms with E-state index in [4.69, 9.17) is 4.74 Å². The molecule has 1 atom stereocenters. The minimum Gasteiger partial charge on any atom is -0.362 e. The lowest BCUT2D eigenvalue weighted by atomic mass is 10.1. The number of hydrogen-bond donors (Lipinski definition) is 0. The number of unbranched alkanes of at least 4 members (excludes halogenated alkanes) is 2. The average Bonchev–Trinajstić information content (AvgIpc) is 2.73. The fraction of sp³-hybridized carbons (Fsp3) is 1.00. The van der Waals surface area contributed by atoms with Crippen LogP contribution in [-0.2, 0) is 4.74 Å². The zero-order valence-electron chi connectivity index (χ0n) is 13.7. The van der Waals surface area contributed by atoms with Gasteiger partial charge in [-0.1, -0.05) is 46.0 Å². The second-order valence-electron chi connectivity index (χ2n) is 6.02. The topological polar surface area (TPSA) is 12.5 Å². The first-order valence-electron chi connectivity index (χ1n) is 8.78. The third-order valence-corrected chi connectivity index (χ3v) is 5.28. The Bertz CT molecular complexity index is 195. The van der Waals surface area contributed by atoms with Crippen LogP contribution in [0, 0.1) is 0 Å². The SMILES string of the molecule is CCCCCC(CSCCC)OCN1CCCCCC1. The molecule has 0 aromatic carbocycles. The van der Waals surface area contributed by atoms with Gasteiger partial charge in [0.2, 0.25) is 0 Å². The Morgan fingerprint density at radius 1 is 1.00 bits per heavy atom. The predicted molar refractivity (Wildman–Crippen MR) is 91.5 cm³/mol. The Hall–Kier alpha value is 0.270. The van der Waals surface area contributed by atoms with E-state index >= 15 is 0 Å². The molecular weight excluding hydrogens is 266 g/mol. The van der Waals surface area contributed by atoms with Crippen molar-refractivity contribution in [2.75, 3.05) is 31.3 Å². The van der Waals surface area contributed by atoms with Crippen molar-refractivity contribution < 1.29 is 4.74 Å². The molecule has 0 saturated carbocycles. The minimum absolute atomic E-state index is 0.473. The molecule has 1 aliphatic heterocycles. The van der Waals surface area contributed by atoms with Crippen molar-refractivity contribution in [1.29, 1.82) is 0 Å². The Labute approximate surface area is 131 Å². The third kappa shape index (κ3) is 9.25. The molecule has 0 bridgehead atoms. The summed E-state index contributed by atoms with van der Waals surface area (Å²) in [6.07, 6.45) is 12.5. The van der Waals surface area contributed by atoms with Crippen molar-refractivity contribution in [2.45, 2.75) is 77.7 Å². The summed E-state index contributed by atoms with van der Waals surface area (Å²) < 4.78 is 6.24. The second-order valence-corrected chi connectivity index (χ2v) is 7.17.